The molecule has 0 bridgehead atoms. The van der Waals surface area contributed by atoms with E-state index < -0.39 is 17.3 Å². The van der Waals surface area contributed by atoms with Gasteiger partial charge >= 0.3 is 186 Å². The molecule has 1 amide bonds. The average molecular weight is 772 g/mol. The van der Waals surface area contributed by atoms with E-state index in [1.54, 1.807) is 0 Å². The maximum absolute atomic E-state index is 11.9. The molecule has 148 valence electrons. The maximum atomic E-state index is 11.9. The fourth-order valence-electron chi connectivity index (χ4n) is 2.29. The molecule has 1 aromatic carbocycles. The van der Waals surface area contributed by atoms with E-state index in [-0.39, 0.29) is 0.657 Å². The Balaban J connectivity index is 0.00000190. The van der Waals surface area contributed by atoms with Gasteiger partial charge in [-0.3, -0.25) is 0 Å². The van der Waals surface area contributed by atoms with E-state index >= 15 is 0 Å². The van der Waals surface area contributed by atoms with E-state index in [2.05, 4.69) is 45.3 Å². The van der Waals surface area contributed by atoms with E-state index in [0.717, 1.165) is 70.1 Å². The Morgan fingerprint density at radius 1 is 1.18 bits per heavy atom. The van der Waals surface area contributed by atoms with Crippen LogP contribution in [-0.2, 0) is 16.7 Å². The number of hydrogen-bond acceptors (Lipinski definition) is 3. The number of carbonyl (C=O) groups excluding carboxylic acids is 1. The van der Waals surface area contributed by atoms with E-state index in [9.17, 15) is 9.59 Å². The average Bonchev–Trinajstić information content (AvgIpc) is 3.17. The molecule has 2 N–H and O–H groups in total. The monoisotopic (exact) mass is 773 g/mol. The summed E-state index contributed by atoms with van der Waals surface area (Å²) in [4.78, 5) is 27.5. The number of nitrogens with one attached hydrogen (secondary N) is 1. The number of carboxylic acids is 1. The third kappa shape index (κ3) is 6.63. The number of carboxylic acid groups (broad SMARTS) is 1. The number of aromatic nitrogens is 2. The molecule has 1 aromatic heterocycles. The first kappa shape index (κ1) is 25.3. The van der Waals surface area contributed by atoms with Gasteiger partial charge in [0.2, 0.25) is 0 Å². The van der Waals surface area contributed by atoms with E-state index in [4.69, 9.17) is 5.11 Å². The summed E-state index contributed by atoms with van der Waals surface area (Å²) < 4.78 is 2.29. The van der Waals surface area contributed by atoms with Gasteiger partial charge in [0.15, 0.2) is 0 Å². The Morgan fingerprint density at radius 3 is 2.36 bits per heavy atom. The fourth-order valence-corrected chi connectivity index (χ4v) is 4.54. The number of aliphatic carboxylic acids is 1. The molecule has 0 saturated heterocycles. The first-order valence-electron chi connectivity index (χ1n) is 9.26. The van der Waals surface area contributed by atoms with Crippen LogP contribution in [0.15, 0.2) is 42.9 Å². The number of carbonyl (C=O) groups is 2. The van der Waals surface area contributed by atoms with Crippen LogP contribution in [0.1, 0.15) is 45.4 Å². The topological polar surface area (TPSA) is 84.2 Å². The van der Waals surface area contributed by atoms with Gasteiger partial charge in [-0.2, -0.15) is 0 Å². The number of hydrogen-bond donors (Lipinski definition) is 2. The molecular weight excluding hydrogens is 745 g/mol. The van der Waals surface area contributed by atoms with Crippen LogP contribution in [0.2, 0.25) is 0 Å². The van der Waals surface area contributed by atoms with Crippen molar-refractivity contribution in [2.45, 2.75) is 41.2 Å². The molecule has 0 aliphatic rings. The Morgan fingerprint density at radius 2 is 1.79 bits per heavy atom. The third-order valence-electron chi connectivity index (χ3n) is 4.21. The number of rotatable bonds is 8. The van der Waals surface area contributed by atoms with Crippen LogP contribution in [0.4, 0.5) is 0 Å². The summed E-state index contributed by atoms with van der Waals surface area (Å²) in [6.45, 7) is 7.26. The predicted octanol–water partition coefficient (Wildman–Crippen LogP) is 2.06. The molecule has 6 nitrogen and oxygen atoms in total. The summed E-state index contributed by atoms with van der Waals surface area (Å²) in [5.41, 5.74) is 0.908. The number of amides is 1. The van der Waals surface area contributed by atoms with Crippen molar-refractivity contribution in [3.8, 4) is 0 Å². The summed E-state index contributed by atoms with van der Waals surface area (Å²) in [7, 11) is 0. The van der Waals surface area contributed by atoms with Crippen LogP contribution < -0.4 is 5.32 Å². The summed E-state index contributed by atoms with van der Waals surface area (Å²) in [6, 6.07) is 10.5. The molecule has 0 saturated carbocycles. The van der Waals surface area contributed by atoms with E-state index in [1.807, 2.05) is 26.2 Å². The minimum absolute atomic E-state index is 0.0756. The van der Waals surface area contributed by atoms with Gasteiger partial charge in [-0.15, -0.1) is 0 Å². The van der Waals surface area contributed by atoms with Crippen molar-refractivity contribution in [2.24, 2.45) is 5.41 Å². The fraction of sp³-hybridized carbons (Fsp3) is 0.450. The molecule has 1 heterocycles. The Hall–Kier alpha value is -0.786. The summed E-state index contributed by atoms with van der Waals surface area (Å²) in [5.74, 6) is -1.58. The van der Waals surface area contributed by atoms with Crippen molar-refractivity contribution in [1.82, 2.24) is 14.9 Å². The van der Waals surface area contributed by atoms with Gasteiger partial charge < -0.3 is 0 Å². The molecule has 0 spiro atoms. The quantitative estimate of drug-likeness (QED) is 0.245. The van der Waals surface area contributed by atoms with Crippen LogP contribution in [-0.4, -0.2) is 84.6 Å². The molecule has 28 heavy (non-hydrogen) atoms. The van der Waals surface area contributed by atoms with Crippen molar-refractivity contribution >= 4 is 63.4 Å². The van der Waals surface area contributed by atoms with Crippen LogP contribution in [0.3, 0.4) is 0 Å². The van der Waals surface area contributed by atoms with Gasteiger partial charge in [0.25, 0.3) is 0 Å². The van der Waals surface area contributed by atoms with Crippen molar-refractivity contribution in [3.05, 3.63) is 54.1 Å². The summed E-state index contributed by atoms with van der Waals surface area (Å²) in [6.07, 6.45) is 5.46. The molecule has 0 aliphatic heterocycles. The van der Waals surface area contributed by atoms with Gasteiger partial charge in [0, 0.05) is 0 Å². The van der Waals surface area contributed by atoms with Gasteiger partial charge in [-0.1, -0.05) is 13.8 Å². The van der Waals surface area contributed by atoms with Crippen LogP contribution in [0, 0.1) is 5.41 Å². The van der Waals surface area contributed by atoms with Crippen LogP contribution in [0.5, 0.6) is 0 Å². The van der Waals surface area contributed by atoms with Gasteiger partial charge in [0.1, 0.15) is 0 Å². The normalized spacial score (nSPS) is 11.4. The molecule has 2 aromatic rings. The van der Waals surface area contributed by atoms with Gasteiger partial charge in [-0.05, 0) is 0 Å². The molecule has 0 fully saturated rings. The first-order chi connectivity index (χ1) is 13.2. The molecular formula is C20H27N3O3Pb2. The SMILES string of the molecule is CC.CC(C)(C(=O)O)C(=O)NCCCc1cn([C]([Pb])([Pb])c2ccccc2)cn1. The molecule has 0 aliphatic carbocycles. The van der Waals surface area contributed by atoms with Crippen LogP contribution in [0.25, 0.3) is 0 Å². The molecule has 2 rings (SSSR count). The summed E-state index contributed by atoms with van der Waals surface area (Å²) in [5, 5.41) is 11.7. The summed E-state index contributed by atoms with van der Waals surface area (Å²) >= 11 is 2.01. The van der Waals surface area contributed by atoms with Crippen molar-refractivity contribution in [3.63, 3.8) is 0 Å². The standard InChI is InChI=1S/C18H21N3O3.C2H6.2Pb/c1-18(2,17(23)24)16(22)19-10-6-9-15-12-21(13-20-15)11-14-7-4-3-5-8-14;1-2;;/h3-5,7-8,12-13H,6,9-10H2,1-2H3,(H,19,22)(H,23,24);1-2H3;;. The molecule has 0 atom stereocenters. The van der Waals surface area contributed by atoms with Crippen molar-refractivity contribution in [1.29, 1.82) is 0 Å². The second-order valence-corrected chi connectivity index (χ2v) is 19.8. The minimum atomic E-state index is -1.41. The first-order valence-corrected chi connectivity index (χ1v) is 13.1. The van der Waals surface area contributed by atoms with Crippen molar-refractivity contribution in [2.75, 3.05) is 6.54 Å². The second kappa shape index (κ2) is 11.4. The molecule has 6 radical (unpaired) electrons. The Labute approximate surface area is 198 Å². The second-order valence-electron chi connectivity index (χ2n) is 6.64. The number of aryl methyl sites for hydroxylation is 1. The van der Waals surface area contributed by atoms with Crippen LogP contribution >= 0.6 is 0 Å². The van der Waals surface area contributed by atoms with Gasteiger partial charge in [0.05, 0.1) is 0 Å². The zero-order valence-corrected chi connectivity index (χ0v) is 24.6. The number of imidazole rings is 1. The molecule has 8 heteroatoms. The molecule has 0 unspecified atom stereocenters. The number of benzene rings is 1. The predicted molar refractivity (Wildman–Crippen MR) is 111 cm³/mol. The van der Waals surface area contributed by atoms with E-state index in [0.29, 0.717) is 6.54 Å². The van der Waals surface area contributed by atoms with Gasteiger partial charge in [-0.25, -0.2) is 0 Å². The number of nitrogens with zero attached hydrogens (tertiary/aromatic N) is 2. The van der Waals surface area contributed by atoms with Crippen molar-refractivity contribution < 1.29 is 14.7 Å². The third-order valence-corrected chi connectivity index (χ3v) is 8.46. The Kier molecular flexibility index (Phi) is 10.3. The Bertz CT molecular complexity index is 774. The van der Waals surface area contributed by atoms with E-state index in [1.165, 1.54) is 19.4 Å². The zero-order valence-electron chi connectivity index (χ0n) is 16.8. The zero-order chi connectivity index (χ0) is 21.4.